The number of rotatable bonds is 2. The van der Waals surface area contributed by atoms with Gasteiger partial charge in [-0.15, -0.1) is 0 Å². The van der Waals surface area contributed by atoms with Gasteiger partial charge in [0.15, 0.2) is 0 Å². The van der Waals surface area contributed by atoms with E-state index in [0.29, 0.717) is 13.1 Å². The Labute approximate surface area is 136 Å². The molecule has 1 N–H and O–H groups in total. The first-order valence-electron chi connectivity index (χ1n) is 8.23. The minimum atomic E-state index is -0.0118. The van der Waals surface area contributed by atoms with Crippen LogP contribution in [0.3, 0.4) is 0 Å². The first-order valence-corrected chi connectivity index (χ1v) is 8.23. The first kappa shape index (κ1) is 15.5. The molecule has 1 aromatic rings. The summed E-state index contributed by atoms with van der Waals surface area (Å²) >= 11 is 0. The van der Waals surface area contributed by atoms with Crippen molar-refractivity contribution in [1.82, 2.24) is 20.2 Å². The lowest BCUT2D eigenvalue weighted by molar-refractivity contribution is 0.174. The van der Waals surface area contributed by atoms with E-state index in [1.165, 1.54) is 0 Å². The van der Waals surface area contributed by atoms with E-state index in [1.54, 1.807) is 18.5 Å². The van der Waals surface area contributed by atoms with Crippen LogP contribution in [0.1, 0.15) is 25.7 Å². The van der Waals surface area contributed by atoms with Gasteiger partial charge in [-0.3, -0.25) is 0 Å². The van der Waals surface area contributed by atoms with E-state index >= 15 is 0 Å². The molecule has 1 atom stereocenters. The monoisotopic (exact) mass is 314 g/mol. The van der Waals surface area contributed by atoms with Crippen LogP contribution in [-0.2, 0) is 0 Å². The summed E-state index contributed by atoms with van der Waals surface area (Å²) in [6.07, 6.45) is 7.02. The van der Waals surface area contributed by atoms with E-state index in [1.807, 2.05) is 4.90 Å². The molecule has 3 heterocycles. The summed E-state index contributed by atoms with van der Waals surface area (Å²) in [6.45, 7) is 3.00. The fourth-order valence-electron chi connectivity index (χ4n) is 3.21. The highest BCUT2D eigenvalue weighted by Crippen LogP contribution is 2.18. The van der Waals surface area contributed by atoms with Crippen molar-refractivity contribution in [1.29, 1.82) is 5.26 Å². The summed E-state index contributed by atoms with van der Waals surface area (Å²) in [6, 6.07) is 4.20. The molecule has 23 heavy (non-hydrogen) atoms. The number of nitriles is 1. The number of carbonyl (C=O) groups excluding carboxylic acids is 1. The molecular weight excluding hydrogens is 292 g/mol. The van der Waals surface area contributed by atoms with Gasteiger partial charge in [-0.25, -0.2) is 14.8 Å². The molecule has 0 aliphatic carbocycles. The Morgan fingerprint density at radius 2 is 1.96 bits per heavy atom. The topological polar surface area (TPSA) is 85.2 Å². The van der Waals surface area contributed by atoms with Gasteiger partial charge >= 0.3 is 6.03 Å². The van der Waals surface area contributed by atoms with Crippen molar-refractivity contribution in [3.8, 4) is 6.07 Å². The SMILES string of the molecule is N#CC1CCN(C(=O)NC2CCCN(c3ncccn3)C2)CC1. The van der Waals surface area contributed by atoms with E-state index in [-0.39, 0.29) is 18.0 Å². The second-order valence-electron chi connectivity index (χ2n) is 6.17. The van der Waals surface area contributed by atoms with E-state index in [4.69, 9.17) is 5.26 Å². The van der Waals surface area contributed by atoms with E-state index in [2.05, 4.69) is 26.3 Å². The predicted octanol–water partition coefficient (Wildman–Crippen LogP) is 1.39. The highest BCUT2D eigenvalue weighted by Gasteiger charge is 2.27. The first-order chi connectivity index (χ1) is 11.3. The summed E-state index contributed by atoms with van der Waals surface area (Å²) in [5.41, 5.74) is 0. The summed E-state index contributed by atoms with van der Waals surface area (Å²) in [5, 5.41) is 12.1. The molecule has 1 aromatic heterocycles. The second-order valence-corrected chi connectivity index (χ2v) is 6.17. The summed E-state index contributed by atoms with van der Waals surface area (Å²) in [5.74, 6) is 0.820. The summed E-state index contributed by atoms with van der Waals surface area (Å²) in [7, 11) is 0. The molecule has 2 aliphatic heterocycles. The Kier molecular flexibility index (Phi) is 4.91. The lowest BCUT2D eigenvalue weighted by Gasteiger charge is -2.35. The molecule has 7 heteroatoms. The molecule has 2 fully saturated rings. The molecule has 0 aromatic carbocycles. The van der Waals surface area contributed by atoms with Gasteiger partial charge in [0.1, 0.15) is 0 Å². The number of nitrogens with zero attached hydrogens (tertiary/aromatic N) is 5. The number of piperidine rings is 2. The standard InChI is InChI=1S/C16H22N6O/c17-11-13-4-9-21(10-5-13)16(23)20-14-3-1-8-22(12-14)15-18-6-2-7-19-15/h2,6-7,13-14H,1,3-5,8-10,12H2,(H,20,23). The predicted molar refractivity (Wildman–Crippen MR) is 85.7 cm³/mol. The zero-order chi connectivity index (χ0) is 16.1. The molecule has 7 nitrogen and oxygen atoms in total. The maximum absolute atomic E-state index is 12.4. The largest absolute Gasteiger partial charge is 0.339 e. The number of amides is 2. The number of carbonyl (C=O) groups is 1. The number of aromatic nitrogens is 2. The molecule has 2 amide bonds. The minimum Gasteiger partial charge on any atom is -0.339 e. The van der Waals surface area contributed by atoms with Crippen molar-refractivity contribution in [3.05, 3.63) is 18.5 Å². The number of hydrogen-bond acceptors (Lipinski definition) is 5. The van der Waals surface area contributed by atoms with Gasteiger partial charge in [0.2, 0.25) is 5.95 Å². The van der Waals surface area contributed by atoms with Crippen LogP contribution in [0, 0.1) is 17.2 Å². The average Bonchev–Trinajstić information content (AvgIpc) is 2.63. The number of nitrogens with one attached hydrogen (secondary N) is 1. The Balaban J connectivity index is 1.52. The van der Waals surface area contributed by atoms with Gasteiger partial charge in [0.25, 0.3) is 0 Å². The normalized spacial score (nSPS) is 22.5. The van der Waals surface area contributed by atoms with Crippen molar-refractivity contribution in [3.63, 3.8) is 0 Å². The van der Waals surface area contributed by atoms with Gasteiger partial charge in [-0.2, -0.15) is 5.26 Å². The van der Waals surface area contributed by atoms with Gasteiger partial charge in [0.05, 0.1) is 6.07 Å². The Hall–Kier alpha value is -2.36. The molecule has 2 saturated heterocycles. The quantitative estimate of drug-likeness (QED) is 0.891. The van der Waals surface area contributed by atoms with Crippen LogP contribution in [0.2, 0.25) is 0 Å². The number of anilines is 1. The average molecular weight is 314 g/mol. The highest BCUT2D eigenvalue weighted by molar-refractivity contribution is 5.74. The molecular formula is C16H22N6O. The van der Waals surface area contributed by atoms with Crippen LogP contribution in [0.5, 0.6) is 0 Å². The van der Waals surface area contributed by atoms with Crippen molar-refractivity contribution in [2.45, 2.75) is 31.7 Å². The maximum Gasteiger partial charge on any atom is 0.317 e. The number of likely N-dealkylation sites (tertiary alicyclic amines) is 1. The van der Waals surface area contributed by atoms with Gasteiger partial charge < -0.3 is 15.1 Å². The molecule has 1 unspecified atom stereocenters. The zero-order valence-corrected chi connectivity index (χ0v) is 13.2. The molecule has 122 valence electrons. The lowest BCUT2D eigenvalue weighted by atomic mass is 9.99. The fourth-order valence-corrected chi connectivity index (χ4v) is 3.21. The molecule has 2 aliphatic rings. The molecule has 0 spiro atoms. The smallest absolute Gasteiger partial charge is 0.317 e. The van der Waals surface area contributed by atoms with Gasteiger partial charge in [-0.1, -0.05) is 0 Å². The van der Waals surface area contributed by atoms with Crippen molar-refractivity contribution < 1.29 is 4.79 Å². The Morgan fingerprint density at radius 1 is 1.22 bits per heavy atom. The van der Waals surface area contributed by atoms with Gasteiger partial charge in [-0.05, 0) is 31.7 Å². The molecule has 0 saturated carbocycles. The number of hydrogen-bond donors (Lipinski definition) is 1. The third-order valence-electron chi connectivity index (χ3n) is 4.55. The van der Waals surface area contributed by atoms with Crippen LogP contribution in [0.4, 0.5) is 10.7 Å². The van der Waals surface area contributed by atoms with Gasteiger partial charge in [0, 0.05) is 50.5 Å². The number of urea groups is 1. The summed E-state index contributed by atoms with van der Waals surface area (Å²) < 4.78 is 0. The van der Waals surface area contributed by atoms with Crippen LogP contribution in [0.15, 0.2) is 18.5 Å². The van der Waals surface area contributed by atoms with Crippen molar-refractivity contribution in [2.24, 2.45) is 5.92 Å². The summed E-state index contributed by atoms with van der Waals surface area (Å²) in [4.78, 5) is 24.9. The van der Waals surface area contributed by atoms with Crippen molar-refractivity contribution >= 4 is 12.0 Å². The Bertz CT molecular complexity index is 564. The van der Waals surface area contributed by atoms with Crippen LogP contribution >= 0.6 is 0 Å². The lowest BCUT2D eigenvalue weighted by Crippen LogP contribution is -2.53. The van der Waals surface area contributed by atoms with E-state index < -0.39 is 0 Å². The van der Waals surface area contributed by atoms with Crippen molar-refractivity contribution in [2.75, 3.05) is 31.1 Å². The minimum absolute atomic E-state index is 0.0118. The second kappa shape index (κ2) is 7.27. The Morgan fingerprint density at radius 3 is 2.65 bits per heavy atom. The third kappa shape index (κ3) is 3.89. The third-order valence-corrected chi connectivity index (χ3v) is 4.55. The van der Waals surface area contributed by atoms with Crippen LogP contribution in [-0.4, -0.2) is 53.1 Å². The van der Waals surface area contributed by atoms with E-state index in [0.717, 1.165) is 44.7 Å². The molecule has 0 radical (unpaired) electrons. The van der Waals surface area contributed by atoms with Crippen LogP contribution < -0.4 is 10.2 Å². The molecule has 0 bridgehead atoms. The maximum atomic E-state index is 12.4. The molecule has 3 rings (SSSR count). The van der Waals surface area contributed by atoms with Crippen LogP contribution in [0.25, 0.3) is 0 Å². The zero-order valence-electron chi connectivity index (χ0n) is 13.2. The fraction of sp³-hybridized carbons (Fsp3) is 0.625. The van der Waals surface area contributed by atoms with E-state index in [9.17, 15) is 4.79 Å². The highest BCUT2D eigenvalue weighted by atomic mass is 16.2.